The van der Waals surface area contributed by atoms with Crippen LogP contribution in [0.15, 0.2) is 10.9 Å². The average Bonchev–Trinajstić information content (AvgIpc) is 2.07. The van der Waals surface area contributed by atoms with Crippen molar-refractivity contribution >= 4 is 5.69 Å². The summed E-state index contributed by atoms with van der Waals surface area (Å²) in [4.78, 5) is 14.1. The average molecular weight is 181 g/mol. The van der Waals surface area contributed by atoms with Crippen LogP contribution < -0.4 is 17.0 Å². The molecule has 0 spiro atoms. The molecule has 0 amide bonds. The summed E-state index contributed by atoms with van der Waals surface area (Å²) in [7, 11) is 0. The van der Waals surface area contributed by atoms with Gasteiger partial charge >= 0.3 is 0 Å². The number of nitrogen functional groups attached to an aromatic ring is 1. The summed E-state index contributed by atoms with van der Waals surface area (Å²) in [5, 5.41) is 0. The first-order valence-electron chi connectivity index (χ1n) is 4.28. The summed E-state index contributed by atoms with van der Waals surface area (Å²) in [6, 6.07) is 1.65. The molecular weight excluding hydrogens is 166 g/mol. The Kier molecular flexibility index (Phi) is 2.72. The van der Waals surface area contributed by atoms with Crippen molar-refractivity contribution in [1.29, 1.82) is 0 Å². The maximum Gasteiger partial charge on any atom is 0.252 e. The fraction of sp³-hybridized carbons (Fsp3) is 0.444. The molecule has 13 heavy (non-hydrogen) atoms. The van der Waals surface area contributed by atoms with Gasteiger partial charge in [0.15, 0.2) is 0 Å². The Balaban J connectivity index is 3.29. The molecule has 0 saturated carbocycles. The monoisotopic (exact) mass is 181 g/mol. The predicted molar refractivity (Wildman–Crippen MR) is 53.5 cm³/mol. The Morgan fingerprint density at radius 2 is 2.15 bits per heavy atom. The number of hydrogen-bond acceptors (Lipinski definition) is 3. The molecule has 0 aliphatic rings. The molecule has 5 N–H and O–H groups in total. The highest BCUT2D eigenvalue weighted by molar-refractivity contribution is 5.46. The van der Waals surface area contributed by atoms with Gasteiger partial charge in [-0.3, -0.25) is 4.79 Å². The van der Waals surface area contributed by atoms with Crippen molar-refractivity contribution in [3.05, 3.63) is 27.7 Å². The normalized spacial score (nSPS) is 10.8. The van der Waals surface area contributed by atoms with E-state index in [4.69, 9.17) is 11.5 Å². The van der Waals surface area contributed by atoms with E-state index in [0.717, 1.165) is 5.69 Å². The van der Waals surface area contributed by atoms with Gasteiger partial charge in [-0.05, 0) is 12.0 Å². The van der Waals surface area contributed by atoms with Crippen molar-refractivity contribution in [2.24, 2.45) is 5.73 Å². The molecule has 0 radical (unpaired) electrons. The minimum atomic E-state index is -0.139. The number of nitrogens with two attached hydrogens (primary N) is 2. The quantitative estimate of drug-likeness (QED) is 0.622. The first-order valence-corrected chi connectivity index (χ1v) is 4.28. The van der Waals surface area contributed by atoms with E-state index in [1.54, 1.807) is 6.07 Å². The van der Waals surface area contributed by atoms with Gasteiger partial charge in [0.05, 0.1) is 5.69 Å². The predicted octanol–water partition coefficient (Wildman–Crippen LogP) is 0.539. The smallest absolute Gasteiger partial charge is 0.252 e. The van der Waals surface area contributed by atoms with Gasteiger partial charge in [-0.25, -0.2) is 0 Å². The lowest BCUT2D eigenvalue weighted by atomic mass is 10.1. The lowest BCUT2D eigenvalue weighted by molar-refractivity contribution is 0.813. The Labute approximate surface area is 77.0 Å². The second-order valence-corrected chi connectivity index (χ2v) is 3.35. The van der Waals surface area contributed by atoms with Crippen LogP contribution in [-0.4, -0.2) is 4.98 Å². The minimum Gasteiger partial charge on any atom is -0.397 e. The Morgan fingerprint density at radius 1 is 1.54 bits per heavy atom. The van der Waals surface area contributed by atoms with Crippen molar-refractivity contribution in [1.82, 2.24) is 4.98 Å². The van der Waals surface area contributed by atoms with E-state index in [1.165, 1.54) is 0 Å². The molecule has 0 fully saturated rings. The lowest BCUT2D eigenvalue weighted by Crippen LogP contribution is -2.19. The third kappa shape index (κ3) is 1.89. The highest BCUT2D eigenvalue weighted by Crippen LogP contribution is 2.17. The standard InChI is InChI=1S/C9H15N3O/c1-5(2)8-7(11)3-6(4-10)9(13)12-8/h3,5H,4,10-11H2,1-2H3,(H,12,13). The summed E-state index contributed by atoms with van der Waals surface area (Å²) >= 11 is 0. The molecule has 0 aliphatic heterocycles. The molecule has 1 rings (SSSR count). The van der Waals surface area contributed by atoms with Crippen LogP contribution in [0.25, 0.3) is 0 Å². The lowest BCUT2D eigenvalue weighted by Gasteiger charge is -2.09. The minimum absolute atomic E-state index is 0.139. The number of aromatic nitrogens is 1. The SMILES string of the molecule is CC(C)c1[nH]c(=O)c(CN)cc1N. The van der Waals surface area contributed by atoms with E-state index in [9.17, 15) is 4.79 Å². The molecule has 1 aromatic heterocycles. The van der Waals surface area contributed by atoms with Crippen molar-refractivity contribution in [3.8, 4) is 0 Å². The molecule has 4 nitrogen and oxygen atoms in total. The summed E-state index contributed by atoms with van der Waals surface area (Å²) in [5.74, 6) is 0.222. The zero-order valence-corrected chi connectivity index (χ0v) is 7.92. The van der Waals surface area contributed by atoms with E-state index in [2.05, 4.69) is 4.98 Å². The zero-order chi connectivity index (χ0) is 10.0. The first kappa shape index (κ1) is 9.80. The van der Waals surface area contributed by atoms with Crippen LogP contribution in [0.3, 0.4) is 0 Å². The van der Waals surface area contributed by atoms with Crippen LogP contribution >= 0.6 is 0 Å². The van der Waals surface area contributed by atoms with Gasteiger partial charge in [0.2, 0.25) is 0 Å². The second kappa shape index (κ2) is 3.62. The van der Waals surface area contributed by atoms with E-state index >= 15 is 0 Å². The van der Waals surface area contributed by atoms with E-state index < -0.39 is 0 Å². The Hall–Kier alpha value is -1.29. The largest absolute Gasteiger partial charge is 0.397 e. The second-order valence-electron chi connectivity index (χ2n) is 3.35. The molecule has 0 atom stereocenters. The van der Waals surface area contributed by atoms with Crippen LogP contribution in [0.5, 0.6) is 0 Å². The van der Waals surface area contributed by atoms with Crippen molar-refractivity contribution in [3.63, 3.8) is 0 Å². The molecule has 0 aliphatic carbocycles. The molecule has 1 aromatic rings. The maximum absolute atomic E-state index is 11.3. The van der Waals surface area contributed by atoms with Crippen molar-refractivity contribution in [2.75, 3.05) is 5.73 Å². The van der Waals surface area contributed by atoms with Gasteiger partial charge in [-0.2, -0.15) is 0 Å². The molecule has 4 heteroatoms. The van der Waals surface area contributed by atoms with Crippen LogP contribution in [0.4, 0.5) is 5.69 Å². The van der Waals surface area contributed by atoms with E-state index in [1.807, 2.05) is 13.8 Å². The highest BCUT2D eigenvalue weighted by Gasteiger charge is 2.07. The molecule has 0 saturated heterocycles. The zero-order valence-electron chi connectivity index (χ0n) is 7.92. The molecule has 0 unspecified atom stereocenters. The highest BCUT2D eigenvalue weighted by atomic mass is 16.1. The van der Waals surface area contributed by atoms with Crippen molar-refractivity contribution < 1.29 is 0 Å². The fourth-order valence-electron chi connectivity index (χ4n) is 1.24. The topological polar surface area (TPSA) is 84.9 Å². The molecule has 72 valence electrons. The molecule has 0 bridgehead atoms. The fourth-order valence-corrected chi connectivity index (χ4v) is 1.24. The summed E-state index contributed by atoms with van der Waals surface area (Å²) in [5.41, 5.74) is 12.9. The summed E-state index contributed by atoms with van der Waals surface area (Å²) < 4.78 is 0. The Morgan fingerprint density at radius 3 is 2.62 bits per heavy atom. The number of nitrogens with one attached hydrogen (secondary N) is 1. The van der Waals surface area contributed by atoms with Gasteiger partial charge < -0.3 is 16.5 Å². The van der Waals surface area contributed by atoms with Crippen LogP contribution in [-0.2, 0) is 6.54 Å². The number of pyridine rings is 1. The van der Waals surface area contributed by atoms with Crippen LogP contribution in [0.1, 0.15) is 31.0 Å². The number of aromatic amines is 1. The van der Waals surface area contributed by atoms with E-state index in [-0.39, 0.29) is 18.0 Å². The number of H-pyrrole nitrogens is 1. The van der Waals surface area contributed by atoms with Gasteiger partial charge in [-0.1, -0.05) is 13.8 Å². The molecule has 0 aromatic carbocycles. The maximum atomic E-state index is 11.3. The van der Waals surface area contributed by atoms with Gasteiger partial charge in [0.25, 0.3) is 5.56 Å². The number of anilines is 1. The third-order valence-corrected chi connectivity index (χ3v) is 1.98. The number of rotatable bonds is 2. The van der Waals surface area contributed by atoms with Gasteiger partial charge in [0.1, 0.15) is 0 Å². The summed E-state index contributed by atoms with van der Waals surface area (Å²) in [6.45, 7) is 4.17. The van der Waals surface area contributed by atoms with Crippen LogP contribution in [0.2, 0.25) is 0 Å². The van der Waals surface area contributed by atoms with Crippen molar-refractivity contribution in [2.45, 2.75) is 26.3 Å². The molecule has 1 heterocycles. The van der Waals surface area contributed by atoms with Gasteiger partial charge in [0, 0.05) is 17.8 Å². The Bertz CT molecular complexity index is 354. The van der Waals surface area contributed by atoms with Crippen LogP contribution in [0, 0.1) is 0 Å². The van der Waals surface area contributed by atoms with Gasteiger partial charge in [-0.15, -0.1) is 0 Å². The first-order chi connectivity index (χ1) is 6.06. The number of hydrogen-bond donors (Lipinski definition) is 3. The summed E-state index contributed by atoms with van der Waals surface area (Å²) in [6.07, 6.45) is 0. The van der Waals surface area contributed by atoms with E-state index in [0.29, 0.717) is 11.3 Å². The third-order valence-electron chi connectivity index (χ3n) is 1.98. The molecular formula is C9H15N3O.